The van der Waals surface area contributed by atoms with Gasteiger partial charge < -0.3 is 14.6 Å². The van der Waals surface area contributed by atoms with Gasteiger partial charge in [-0.2, -0.15) is 9.29 Å². The van der Waals surface area contributed by atoms with E-state index in [9.17, 15) is 13.2 Å². The Morgan fingerprint density at radius 3 is 2.56 bits per heavy atom. The number of amides is 1. The van der Waals surface area contributed by atoms with Crippen molar-refractivity contribution < 1.29 is 22.5 Å². The third kappa shape index (κ3) is 5.45. The summed E-state index contributed by atoms with van der Waals surface area (Å²) in [5.41, 5.74) is 1.23. The quantitative estimate of drug-likeness (QED) is 0.518. The molecule has 0 spiro atoms. The van der Waals surface area contributed by atoms with E-state index in [1.807, 2.05) is 24.3 Å². The number of sulfonamides is 1. The molecule has 1 aromatic heterocycles. The van der Waals surface area contributed by atoms with Gasteiger partial charge in [0.2, 0.25) is 27.6 Å². The summed E-state index contributed by atoms with van der Waals surface area (Å²) < 4.78 is 37.8. The van der Waals surface area contributed by atoms with Crippen LogP contribution in [-0.2, 0) is 21.2 Å². The van der Waals surface area contributed by atoms with E-state index in [0.717, 1.165) is 12.8 Å². The average molecular weight is 485 g/mol. The van der Waals surface area contributed by atoms with Crippen LogP contribution in [-0.4, -0.2) is 49.0 Å². The van der Waals surface area contributed by atoms with Crippen LogP contribution in [0.3, 0.4) is 0 Å². The lowest BCUT2D eigenvalue weighted by Crippen LogP contribution is -2.37. The minimum atomic E-state index is -3.52. The predicted molar refractivity (Wildman–Crippen MR) is 127 cm³/mol. The Morgan fingerprint density at radius 1 is 1.15 bits per heavy atom. The van der Waals surface area contributed by atoms with E-state index in [4.69, 9.17) is 9.26 Å². The van der Waals surface area contributed by atoms with Crippen molar-refractivity contribution in [2.24, 2.45) is 5.92 Å². The number of nitrogens with one attached hydrogen (secondary N) is 1. The van der Waals surface area contributed by atoms with Gasteiger partial charge in [0.1, 0.15) is 5.75 Å². The van der Waals surface area contributed by atoms with Crippen molar-refractivity contribution in [2.75, 3.05) is 25.5 Å². The van der Waals surface area contributed by atoms with Gasteiger partial charge in [0.15, 0.2) is 0 Å². The molecule has 1 aliphatic heterocycles. The van der Waals surface area contributed by atoms with Gasteiger partial charge in [-0.1, -0.05) is 24.2 Å². The maximum absolute atomic E-state index is 12.8. The van der Waals surface area contributed by atoms with Crippen LogP contribution in [0.4, 0.5) is 5.69 Å². The van der Waals surface area contributed by atoms with E-state index >= 15 is 0 Å². The fourth-order valence-corrected chi connectivity index (χ4v) is 5.29. The number of benzene rings is 2. The number of piperidine rings is 1. The molecule has 2 aromatic carbocycles. The standard InChI is InChI=1S/C24H28N4O5S/c1-17-13-15-28(16-14-17)34(30,31)19-9-7-18(8-10-19)25-22(29)11-12-23-26-24(27-33-23)20-5-3-4-6-21(20)32-2/h3-10,17H,11-16H2,1-2H3,(H,25,29). The molecule has 2 heterocycles. The monoisotopic (exact) mass is 484 g/mol. The van der Waals surface area contributed by atoms with Crippen molar-refractivity contribution in [3.05, 3.63) is 54.4 Å². The Bertz CT molecular complexity index is 1230. The predicted octanol–water partition coefficient (Wildman–Crippen LogP) is 3.74. The molecule has 1 aliphatic rings. The lowest BCUT2D eigenvalue weighted by molar-refractivity contribution is -0.116. The highest BCUT2D eigenvalue weighted by atomic mass is 32.2. The summed E-state index contributed by atoms with van der Waals surface area (Å²) in [4.78, 5) is 17.0. The first-order valence-corrected chi connectivity index (χ1v) is 12.7. The van der Waals surface area contributed by atoms with Crippen molar-refractivity contribution in [3.8, 4) is 17.1 Å². The maximum Gasteiger partial charge on any atom is 0.243 e. The Morgan fingerprint density at radius 2 is 1.85 bits per heavy atom. The van der Waals surface area contributed by atoms with E-state index in [1.54, 1.807) is 19.2 Å². The van der Waals surface area contributed by atoms with Crippen LogP contribution >= 0.6 is 0 Å². The Balaban J connectivity index is 1.32. The SMILES string of the molecule is COc1ccccc1-c1noc(CCC(=O)Nc2ccc(S(=O)(=O)N3CCC(C)CC3)cc2)n1. The molecule has 1 amide bonds. The zero-order chi connectivity index (χ0) is 24.1. The number of methoxy groups -OCH3 is 1. The lowest BCUT2D eigenvalue weighted by Gasteiger charge is -2.29. The summed E-state index contributed by atoms with van der Waals surface area (Å²) in [5, 5.41) is 6.75. The fourth-order valence-electron chi connectivity index (χ4n) is 3.82. The Labute approximate surface area is 199 Å². The van der Waals surface area contributed by atoms with Crippen molar-refractivity contribution in [1.29, 1.82) is 0 Å². The van der Waals surface area contributed by atoms with Gasteiger partial charge in [0, 0.05) is 31.6 Å². The van der Waals surface area contributed by atoms with Gasteiger partial charge in [-0.15, -0.1) is 0 Å². The molecule has 9 nitrogen and oxygen atoms in total. The molecule has 3 aromatic rings. The molecule has 0 atom stereocenters. The summed E-state index contributed by atoms with van der Waals surface area (Å²) in [6.07, 6.45) is 2.15. The van der Waals surface area contributed by atoms with Crippen molar-refractivity contribution in [3.63, 3.8) is 0 Å². The molecular formula is C24H28N4O5S. The number of carbonyl (C=O) groups is 1. The van der Waals surface area contributed by atoms with Crippen LogP contribution in [0.1, 0.15) is 32.1 Å². The molecule has 1 saturated heterocycles. The van der Waals surface area contributed by atoms with Gasteiger partial charge in [-0.05, 0) is 55.2 Å². The van der Waals surface area contributed by atoms with Gasteiger partial charge in [0.05, 0.1) is 17.6 Å². The molecule has 0 radical (unpaired) electrons. The zero-order valence-electron chi connectivity index (χ0n) is 19.2. The van der Waals surface area contributed by atoms with Gasteiger partial charge in [-0.25, -0.2) is 8.42 Å². The molecule has 0 aliphatic carbocycles. The van der Waals surface area contributed by atoms with Crippen LogP contribution in [0.25, 0.3) is 11.4 Å². The van der Waals surface area contributed by atoms with E-state index in [2.05, 4.69) is 22.4 Å². The van der Waals surface area contributed by atoms with Gasteiger partial charge in [-0.3, -0.25) is 4.79 Å². The summed E-state index contributed by atoms with van der Waals surface area (Å²) in [6.45, 7) is 3.21. The summed E-state index contributed by atoms with van der Waals surface area (Å²) >= 11 is 0. The molecule has 1 N–H and O–H groups in total. The molecule has 4 rings (SSSR count). The smallest absolute Gasteiger partial charge is 0.243 e. The number of nitrogens with zero attached hydrogens (tertiary/aromatic N) is 3. The number of aromatic nitrogens is 2. The highest BCUT2D eigenvalue weighted by Crippen LogP contribution is 2.27. The molecule has 34 heavy (non-hydrogen) atoms. The molecule has 180 valence electrons. The second-order valence-corrected chi connectivity index (χ2v) is 10.3. The largest absolute Gasteiger partial charge is 0.496 e. The van der Waals surface area contributed by atoms with Crippen molar-refractivity contribution >= 4 is 21.6 Å². The van der Waals surface area contributed by atoms with Crippen LogP contribution in [0.5, 0.6) is 5.75 Å². The Hall–Kier alpha value is -3.24. The van der Waals surface area contributed by atoms with Gasteiger partial charge >= 0.3 is 0 Å². The highest BCUT2D eigenvalue weighted by Gasteiger charge is 2.28. The molecule has 10 heteroatoms. The first kappa shape index (κ1) is 23.9. The minimum absolute atomic E-state index is 0.138. The zero-order valence-corrected chi connectivity index (χ0v) is 20.0. The Kier molecular flexibility index (Phi) is 7.28. The van der Waals surface area contributed by atoms with E-state index in [-0.39, 0.29) is 23.6 Å². The highest BCUT2D eigenvalue weighted by molar-refractivity contribution is 7.89. The van der Waals surface area contributed by atoms with Crippen LogP contribution in [0.2, 0.25) is 0 Å². The first-order valence-electron chi connectivity index (χ1n) is 11.2. The van der Waals surface area contributed by atoms with E-state index in [0.29, 0.717) is 47.7 Å². The molecule has 0 bridgehead atoms. The number of anilines is 1. The fraction of sp³-hybridized carbons (Fsp3) is 0.375. The van der Waals surface area contributed by atoms with Gasteiger partial charge in [0.25, 0.3) is 0 Å². The number of carbonyl (C=O) groups excluding carboxylic acids is 1. The number of hydrogen-bond acceptors (Lipinski definition) is 7. The van der Waals surface area contributed by atoms with E-state index < -0.39 is 10.0 Å². The number of ether oxygens (including phenoxy) is 1. The molecule has 0 unspecified atom stereocenters. The number of hydrogen-bond donors (Lipinski definition) is 1. The lowest BCUT2D eigenvalue weighted by atomic mass is 10.0. The summed E-state index contributed by atoms with van der Waals surface area (Å²) in [5.74, 6) is 1.68. The second-order valence-electron chi connectivity index (χ2n) is 8.37. The first-order chi connectivity index (χ1) is 16.4. The number of rotatable bonds is 8. The third-order valence-corrected chi connectivity index (χ3v) is 7.81. The molecule has 0 saturated carbocycles. The minimum Gasteiger partial charge on any atom is -0.496 e. The number of para-hydroxylation sites is 1. The summed E-state index contributed by atoms with van der Waals surface area (Å²) in [7, 11) is -1.95. The van der Waals surface area contributed by atoms with Crippen LogP contribution < -0.4 is 10.1 Å². The second kappa shape index (κ2) is 10.4. The third-order valence-electron chi connectivity index (χ3n) is 5.90. The van der Waals surface area contributed by atoms with Crippen LogP contribution in [0, 0.1) is 5.92 Å². The average Bonchev–Trinajstić information content (AvgIpc) is 3.32. The van der Waals surface area contributed by atoms with Crippen molar-refractivity contribution in [1.82, 2.24) is 14.4 Å². The van der Waals surface area contributed by atoms with Crippen molar-refractivity contribution in [2.45, 2.75) is 37.5 Å². The normalized spacial score (nSPS) is 15.2. The van der Waals surface area contributed by atoms with E-state index in [1.165, 1.54) is 16.4 Å². The molecule has 1 fully saturated rings. The summed E-state index contributed by atoms with van der Waals surface area (Å²) in [6, 6.07) is 13.6. The topological polar surface area (TPSA) is 115 Å². The number of aryl methyl sites for hydroxylation is 1. The van der Waals surface area contributed by atoms with Crippen LogP contribution in [0.15, 0.2) is 57.9 Å². The molecular weight excluding hydrogens is 456 g/mol. The maximum atomic E-state index is 12.8.